The molecule has 0 bridgehead atoms. The van der Waals surface area contributed by atoms with E-state index in [0.29, 0.717) is 36.7 Å². The van der Waals surface area contributed by atoms with Crippen LogP contribution in [0.1, 0.15) is 11.1 Å². The van der Waals surface area contributed by atoms with Crippen molar-refractivity contribution in [3.63, 3.8) is 0 Å². The molecule has 0 aliphatic carbocycles. The van der Waals surface area contributed by atoms with Gasteiger partial charge in [0.05, 0.1) is 36.6 Å². The Hall–Kier alpha value is -4.35. The number of nitrogens with zero attached hydrogens (tertiary/aromatic N) is 3. The molecule has 0 atom stereocenters. The summed E-state index contributed by atoms with van der Waals surface area (Å²) in [6.45, 7) is 1.53. The molecule has 42 heavy (non-hydrogen) atoms. The number of ether oxygens (including phenoxy) is 3. The number of hydrogen-bond acceptors (Lipinski definition) is 5. The van der Waals surface area contributed by atoms with E-state index < -0.39 is 23.4 Å². The number of pyridine rings is 1. The second kappa shape index (κ2) is 12.7. The van der Waals surface area contributed by atoms with Crippen molar-refractivity contribution in [3.8, 4) is 39.7 Å². The van der Waals surface area contributed by atoms with Crippen LogP contribution in [0.4, 0.5) is 22.0 Å². The summed E-state index contributed by atoms with van der Waals surface area (Å²) in [6.07, 6.45) is -1.10. The summed E-state index contributed by atoms with van der Waals surface area (Å²) >= 11 is 0. The predicted octanol–water partition coefficient (Wildman–Crippen LogP) is 7.10. The van der Waals surface area contributed by atoms with Gasteiger partial charge in [-0.15, -0.1) is 0 Å². The van der Waals surface area contributed by atoms with Crippen molar-refractivity contribution in [3.05, 3.63) is 102 Å². The first-order valence-electron chi connectivity index (χ1n) is 13.0. The predicted molar refractivity (Wildman–Crippen MR) is 146 cm³/mol. The second-order valence-electron chi connectivity index (χ2n) is 9.39. The minimum Gasteiger partial charge on any atom is -0.491 e. The summed E-state index contributed by atoms with van der Waals surface area (Å²) in [5.74, 6) is -1.81. The normalized spacial score (nSPS) is 11.8. The van der Waals surface area contributed by atoms with Crippen molar-refractivity contribution in [2.24, 2.45) is 0 Å². The lowest BCUT2D eigenvalue weighted by molar-refractivity contribution is -0.137. The highest BCUT2D eigenvalue weighted by atomic mass is 19.4. The zero-order valence-corrected chi connectivity index (χ0v) is 22.5. The monoisotopic (exact) mass is 583 g/mol. The molecule has 3 aromatic rings. The first-order valence-corrected chi connectivity index (χ1v) is 13.0. The Morgan fingerprint density at radius 2 is 1.57 bits per heavy atom. The average molecular weight is 584 g/mol. The number of halogens is 5. The van der Waals surface area contributed by atoms with E-state index in [0.717, 1.165) is 17.7 Å². The average Bonchev–Trinajstić information content (AvgIpc) is 3.39. The van der Waals surface area contributed by atoms with Crippen LogP contribution in [0.3, 0.4) is 0 Å². The van der Waals surface area contributed by atoms with E-state index >= 15 is 0 Å². The van der Waals surface area contributed by atoms with Crippen LogP contribution in [0.25, 0.3) is 33.9 Å². The van der Waals surface area contributed by atoms with Crippen LogP contribution in [0.5, 0.6) is 5.75 Å². The largest absolute Gasteiger partial charge is 0.491 e. The van der Waals surface area contributed by atoms with Gasteiger partial charge in [-0.1, -0.05) is 36.4 Å². The highest BCUT2D eigenvalue weighted by Gasteiger charge is 2.34. The van der Waals surface area contributed by atoms with Gasteiger partial charge in [0.2, 0.25) is 0 Å². The third kappa shape index (κ3) is 6.75. The maximum absolute atomic E-state index is 14.2. The molecular weight excluding hydrogens is 557 g/mol. The molecule has 0 amide bonds. The molecule has 0 saturated carbocycles. The van der Waals surface area contributed by atoms with Gasteiger partial charge in [0, 0.05) is 26.0 Å². The molecule has 0 spiro atoms. The zero-order valence-electron chi connectivity index (χ0n) is 22.5. The smallest absolute Gasteiger partial charge is 0.417 e. The van der Waals surface area contributed by atoms with Gasteiger partial charge in [-0.3, -0.25) is 0 Å². The van der Waals surface area contributed by atoms with E-state index in [1.54, 1.807) is 49.8 Å². The lowest BCUT2D eigenvalue weighted by Gasteiger charge is -2.16. The minimum atomic E-state index is -4.58. The Labute approximate surface area is 238 Å². The maximum atomic E-state index is 14.2. The lowest BCUT2D eigenvalue weighted by Crippen LogP contribution is -2.11. The highest BCUT2D eigenvalue weighted by molar-refractivity contribution is 5.70. The molecule has 2 heterocycles. The molecule has 0 aromatic heterocycles. The number of alkyl halides is 3. The molecule has 0 unspecified atom stereocenters. The van der Waals surface area contributed by atoms with E-state index in [2.05, 4.69) is 9.97 Å². The first-order chi connectivity index (χ1) is 20.2. The summed E-state index contributed by atoms with van der Waals surface area (Å²) in [7, 11) is 1.55. The molecule has 6 nitrogen and oxygen atoms in total. The Morgan fingerprint density at radius 1 is 0.810 bits per heavy atom. The van der Waals surface area contributed by atoms with E-state index in [9.17, 15) is 22.0 Å². The van der Waals surface area contributed by atoms with Crippen LogP contribution >= 0.6 is 0 Å². The third-order valence-corrected chi connectivity index (χ3v) is 6.47. The van der Waals surface area contributed by atoms with Gasteiger partial charge < -0.3 is 18.8 Å². The number of rotatable bonds is 11. The second-order valence-corrected chi connectivity index (χ2v) is 9.39. The Kier molecular flexibility index (Phi) is 8.79. The molecule has 218 valence electrons. The lowest BCUT2D eigenvalue weighted by atomic mass is 9.98. The summed E-state index contributed by atoms with van der Waals surface area (Å²) in [6, 6.07) is 16.2. The number of benzene rings is 3. The number of aromatic nitrogens is 3. The Morgan fingerprint density at radius 3 is 2.33 bits per heavy atom. The van der Waals surface area contributed by atoms with Crippen molar-refractivity contribution in [2.45, 2.75) is 12.7 Å². The summed E-state index contributed by atoms with van der Waals surface area (Å²) in [5, 5.41) is 0. The molecule has 2 aliphatic rings. The van der Waals surface area contributed by atoms with Crippen LogP contribution in [0.15, 0.2) is 79.1 Å². The SMILES string of the molecule is COCCOCCOc1ccc(-c2ccc(Cn3ccc4nc(-c5cccc(F)c5F)nc-4c3)cc2)c(C(F)(F)F)c1. The van der Waals surface area contributed by atoms with Gasteiger partial charge in [0.1, 0.15) is 18.1 Å². The fourth-order valence-corrected chi connectivity index (χ4v) is 4.41. The molecule has 11 heteroatoms. The van der Waals surface area contributed by atoms with Gasteiger partial charge in [-0.2, -0.15) is 13.2 Å². The molecule has 0 fully saturated rings. The summed E-state index contributed by atoms with van der Waals surface area (Å²) < 4.78 is 87.1. The minimum absolute atomic E-state index is 0.0295. The summed E-state index contributed by atoms with van der Waals surface area (Å²) in [4.78, 5) is 8.65. The van der Waals surface area contributed by atoms with Crippen LogP contribution in [-0.4, -0.2) is 48.1 Å². The summed E-state index contributed by atoms with van der Waals surface area (Å²) in [5.41, 5.74) is 1.46. The topological polar surface area (TPSA) is 58.4 Å². The number of hydrogen-bond donors (Lipinski definition) is 0. The quantitative estimate of drug-likeness (QED) is 0.123. The highest BCUT2D eigenvalue weighted by Crippen LogP contribution is 2.39. The van der Waals surface area contributed by atoms with Gasteiger partial charge in [0.25, 0.3) is 0 Å². The Bertz CT molecular complexity index is 1620. The number of imidazole rings is 1. The van der Waals surface area contributed by atoms with E-state index in [4.69, 9.17) is 14.2 Å². The van der Waals surface area contributed by atoms with E-state index in [-0.39, 0.29) is 35.9 Å². The Balaban J connectivity index is 1.30. The molecule has 0 saturated heterocycles. The fourth-order valence-electron chi connectivity index (χ4n) is 4.41. The van der Waals surface area contributed by atoms with Crippen molar-refractivity contribution in [1.29, 1.82) is 0 Å². The zero-order chi connectivity index (χ0) is 29.7. The van der Waals surface area contributed by atoms with Crippen molar-refractivity contribution in [1.82, 2.24) is 14.5 Å². The maximum Gasteiger partial charge on any atom is 0.417 e. The van der Waals surface area contributed by atoms with Crippen LogP contribution < -0.4 is 4.74 Å². The fraction of sp³-hybridized carbons (Fsp3) is 0.226. The number of fused-ring (bicyclic) bond motifs is 1. The molecule has 0 N–H and O–H groups in total. The molecule has 3 aromatic carbocycles. The van der Waals surface area contributed by atoms with Gasteiger partial charge in [-0.05, 0) is 47.0 Å². The molecule has 2 aliphatic heterocycles. The number of methoxy groups -OCH3 is 1. The van der Waals surface area contributed by atoms with E-state index in [1.807, 2.05) is 4.57 Å². The molecular formula is C31H26F5N3O3. The van der Waals surface area contributed by atoms with Crippen molar-refractivity contribution >= 4 is 0 Å². The first kappa shape index (κ1) is 29.2. The van der Waals surface area contributed by atoms with Gasteiger partial charge in [-0.25, -0.2) is 18.7 Å². The van der Waals surface area contributed by atoms with Gasteiger partial charge >= 0.3 is 6.18 Å². The standard InChI is InChI=1S/C31H26F5N3O3/c1-40-13-14-41-15-16-42-22-9-10-23(25(17-22)31(34,35)36)21-7-5-20(6-8-21)18-39-12-11-27-28(19-39)38-30(37-27)24-3-2-4-26(32)29(24)33/h2-12,17,19H,13-16,18H2,1H3. The van der Waals surface area contributed by atoms with E-state index in [1.165, 1.54) is 24.3 Å². The van der Waals surface area contributed by atoms with Crippen LogP contribution in [0.2, 0.25) is 0 Å². The molecule has 0 radical (unpaired) electrons. The van der Waals surface area contributed by atoms with Crippen molar-refractivity contribution in [2.75, 3.05) is 33.5 Å². The molecule has 5 rings (SSSR count). The van der Waals surface area contributed by atoms with Crippen LogP contribution in [0, 0.1) is 11.6 Å². The van der Waals surface area contributed by atoms with Crippen LogP contribution in [-0.2, 0) is 22.2 Å². The van der Waals surface area contributed by atoms with Gasteiger partial charge in [0.15, 0.2) is 17.5 Å². The third-order valence-electron chi connectivity index (χ3n) is 6.47. The van der Waals surface area contributed by atoms with Crippen molar-refractivity contribution < 1.29 is 36.2 Å².